The molecule has 0 saturated heterocycles. The number of rotatable bonds is 4. The van der Waals surface area contributed by atoms with Gasteiger partial charge in [-0.15, -0.1) is 0 Å². The van der Waals surface area contributed by atoms with E-state index in [1.807, 2.05) is 34.6 Å². The van der Waals surface area contributed by atoms with E-state index in [0.717, 1.165) is 5.69 Å². The van der Waals surface area contributed by atoms with E-state index >= 15 is 0 Å². The largest absolute Gasteiger partial charge is 0.305 e. The fourth-order valence-corrected chi connectivity index (χ4v) is 3.29. The highest BCUT2D eigenvalue weighted by molar-refractivity contribution is 6.10. The van der Waals surface area contributed by atoms with Crippen LogP contribution in [-0.2, 0) is 5.41 Å². The number of hydrogen-bond acceptors (Lipinski definition) is 6. The first kappa shape index (κ1) is 21.4. The van der Waals surface area contributed by atoms with Crippen molar-refractivity contribution in [2.75, 3.05) is 5.32 Å². The lowest BCUT2D eigenvalue weighted by molar-refractivity contribution is 0.102. The summed E-state index contributed by atoms with van der Waals surface area (Å²) in [7, 11) is 0. The number of carbonyl (C=O) groups excluding carboxylic acids is 1. The number of hydrogen-bond donors (Lipinski definition) is 1. The molecule has 0 atom stereocenters. The Kier molecular flexibility index (Phi) is 5.33. The highest BCUT2D eigenvalue weighted by atomic mass is 16.2. The van der Waals surface area contributed by atoms with Gasteiger partial charge in [-0.25, -0.2) is 14.6 Å². The third-order valence-electron chi connectivity index (χ3n) is 4.99. The second-order valence-electron chi connectivity index (χ2n) is 8.82. The van der Waals surface area contributed by atoms with Gasteiger partial charge in [-0.3, -0.25) is 9.59 Å². The number of anilines is 1. The van der Waals surface area contributed by atoms with Crippen molar-refractivity contribution in [1.82, 2.24) is 29.5 Å². The second-order valence-corrected chi connectivity index (χ2v) is 8.82. The zero-order valence-electron chi connectivity index (χ0n) is 18.7. The van der Waals surface area contributed by atoms with E-state index in [1.54, 1.807) is 48.8 Å². The summed E-state index contributed by atoms with van der Waals surface area (Å²) >= 11 is 0. The number of nitrogens with one attached hydrogen (secondary N) is 1. The molecule has 4 aromatic rings. The maximum Gasteiger partial charge on any atom is 0.277 e. The van der Waals surface area contributed by atoms with Crippen molar-refractivity contribution in [3.8, 4) is 5.95 Å². The number of fused-ring (bicyclic) bond motifs is 1. The van der Waals surface area contributed by atoms with Crippen molar-refractivity contribution in [2.45, 2.75) is 46.1 Å². The lowest BCUT2D eigenvalue weighted by atomic mass is 9.92. The first-order valence-electron chi connectivity index (χ1n) is 10.4. The highest BCUT2D eigenvalue weighted by Gasteiger charge is 2.24. The van der Waals surface area contributed by atoms with Crippen LogP contribution in [0.15, 0.2) is 53.6 Å². The Hall–Kier alpha value is -3.88. The minimum Gasteiger partial charge on any atom is -0.305 e. The molecule has 0 saturated carbocycles. The number of carbonyl (C=O) groups is 1. The molecule has 0 aliphatic heterocycles. The first-order valence-corrected chi connectivity index (χ1v) is 10.4. The van der Waals surface area contributed by atoms with Crippen molar-refractivity contribution in [1.29, 1.82) is 0 Å². The van der Waals surface area contributed by atoms with Crippen LogP contribution in [0.25, 0.3) is 16.7 Å². The standard InChI is InChI=1S/C23H25N7O2/c1-14(2)29-21(32)16-10-7-6-9-15(16)19(28-29)20(31)26-18-13-17(23(3,4)5)27-30(18)22-24-11-8-12-25-22/h6-14H,1-5H3,(H,26,31). The summed E-state index contributed by atoms with van der Waals surface area (Å²) in [5, 5.41) is 12.8. The first-order chi connectivity index (χ1) is 15.2. The molecule has 0 bridgehead atoms. The van der Waals surface area contributed by atoms with E-state index in [2.05, 4.69) is 25.5 Å². The fourth-order valence-electron chi connectivity index (χ4n) is 3.29. The minimum atomic E-state index is -0.451. The molecule has 0 aliphatic carbocycles. The Balaban J connectivity index is 1.83. The third kappa shape index (κ3) is 3.89. The van der Waals surface area contributed by atoms with E-state index in [9.17, 15) is 9.59 Å². The molecular weight excluding hydrogens is 406 g/mol. The lowest BCUT2D eigenvalue weighted by Gasteiger charge is -2.14. The van der Waals surface area contributed by atoms with Gasteiger partial charge in [-0.05, 0) is 26.0 Å². The zero-order chi connectivity index (χ0) is 23.0. The highest BCUT2D eigenvalue weighted by Crippen LogP contribution is 2.26. The van der Waals surface area contributed by atoms with E-state index in [4.69, 9.17) is 0 Å². The smallest absolute Gasteiger partial charge is 0.277 e. The number of amides is 1. The monoisotopic (exact) mass is 431 g/mol. The summed E-state index contributed by atoms with van der Waals surface area (Å²) in [6, 6.07) is 10.3. The van der Waals surface area contributed by atoms with E-state index in [1.165, 1.54) is 9.36 Å². The summed E-state index contributed by atoms with van der Waals surface area (Å²) < 4.78 is 2.83. The molecule has 1 N–H and O–H groups in total. The molecule has 164 valence electrons. The van der Waals surface area contributed by atoms with Crippen molar-refractivity contribution in [2.24, 2.45) is 0 Å². The van der Waals surface area contributed by atoms with E-state index in [-0.39, 0.29) is 22.7 Å². The number of aromatic nitrogens is 6. The van der Waals surface area contributed by atoms with Crippen LogP contribution in [0.5, 0.6) is 0 Å². The molecule has 3 heterocycles. The van der Waals surface area contributed by atoms with Gasteiger partial charge in [-0.1, -0.05) is 39.0 Å². The maximum atomic E-state index is 13.4. The number of benzene rings is 1. The van der Waals surface area contributed by atoms with Gasteiger partial charge < -0.3 is 5.32 Å². The fraction of sp³-hybridized carbons (Fsp3) is 0.304. The van der Waals surface area contributed by atoms with Crippen LogP contribution in [0.1, 0.15) is 56.8 Å². The van der Waals surface area contributed by atoms with Gasteiger partial charge in [0.15, 0.2) is 5.69 Å². The third-order valence-corrected chi connectivity index (χ3v) is 4.99. The lowest BCUT2D eigenvalue weighted by Crippen LogP contribution is -2.29. The van der Waals surface area contributed by atoms with Gasteiger partial charge in [0.2, 0.25) is 0 Å². The summed E-state index contributed by atoms with van der Waals surface area (Å²) in [5.41, 5.74) is 0.443. The topological polar surface area (TPSA) is 108 Å². The van der Waals surface area contributed by atoms with Crippen LogP contribution in [0.3, 0.4) is 0 Å². The summed E-state index contributed by atoms with van der Waals surface area (Å²) in [6.07, 6.45) is 3.22. The summed E-state index contributed by atoms with van der Waals surface area (Å²) in [4.78, 5) is 34.7. The van der Waals surface area contributed by atoms with E-state index in [0.29, 0.717) is 22.5 Å². The molecule has 3 aromatic heterocycles. The Bertz CT molecular complexity index is 1350. The van der Waals surface area contributed by atoms with Gasteiger partial charge in [0.05, 0.1) is 17.1 Å². The molecule has 1 amide bonds. The van der Waals surface area contributed by atoms with Gasteiger partial charge in [-0.2, -0.15) is 14.9 Å². The molecule has 0 radical (unpaired) electrons. The quantitative estimate of drug-likeness (QED) is 0.530. The Labute approximate surface area is 185 Å². The predicted octanol–water partition coefficient (Wildman–Crippen LogP) is 3.50. The van der Waals surface area contributed by atoms with Crippen LogP contribution in [-0.4, -0.2) is 35.4 Å². The molecule has 4 rings (SSSR count). The molecule has 9 nitrogen and oxygen atoms in total. The molecule has 0 unspecified atom stereocenters. The molecule has 32 heavy (non-hydrogen) atoms. The average Bonchev–Trinajstić information content (AvgIpc) is 3.19. The Morgan fingerprint density at radius 3 is 2.28 bits per heavy atom. The van der Waals surface area contributed by atoms with Crippen LogP contribution in [0.2, 0.25) is 0 Å². The van der Waals surface area contributed by atoms with Gasteiger partial charge in [0, 0.05) is 29.3 Å². The zero-order valence-corrected chi connectivity index (χ0v) is 18.7. The average molecular weight is 432 g/mol. The van der Waals surface area contributed by atoms with Crippen LogP contribution in [0, 0.1) is 0 Å². The van der Waals surface area contributed by atoms with Crippen LogP contribution < -0.4 is 10.9 Å². The summed E-state index contributed by atoms with van der Waals surface area (Å²) in [6.45, 7) is 9.80. The van der Waals surface area contributed by atoms with Gasteiger partial charge in [0.25, 0.3) is 17.4 Å². The van der Waals surface area contributed by atoms with Crippen molar-refractivity contribution >= 4 is 22.5 Å². The Morgan fingerprint density at radius 1 is 1.00 bits per heavy atom. The van der Waals surface area contributed by atoms with Crippen molar-refractivity contribution < 1.29 is 4.79 Å². The normalized spacial score (nSPS) is 11.8. The molecule has 1 aromatic carbocycles. The molecular formula is C23H25N7O2. The van der Waals surface area contributed by atoms with E-state index < -0.39 is 5.91 Å². The second kappa shape index (κ2) is 7.99. The molecule has 9 heteroatoms. The van der Waals surface area contributed by atoms with Gasteiger partial charge in [0.1, 0.15) is 5.82 Å². The summed E-state index contributed by atoms with van der Waals surface area (Å²) in [5.74, 6) is 0.302. The van der Waals surface area contributed by atoms with Gasteiger partial charge >= 0.3 is 0 Å². The van der Waals surface area contributed by atoms with Crippen LogP contribution >= 0.6 is 0 Å². The number of nitrogens with zero attached hydrogens (tertiary/aromatic N) is 6. The molecule has 0 aliphatic rings. The predicted molar refractivity (Wildman–Crippen MR) is 122 cm³/mol. The van der Waals surface area contributed by atoms with Crippen molar-refractivity contribution in [3.63, 3.8) is 0 Å². The molecule has 0 fully saturated rings. The van der Waals surface area contributed by atoms with Crippen molar-refractivity contribution in [3.05, 3.63) is 70.5 Å². The minimum absolute atomic E-state index is 0.160. The Morgan fingerprint density at radius 2 is 1.66 bits per heavy atom. The SMILES string of the molecule is CC(C)n1nc(C(=O)Nc2cc(C(C)(C)C)nn2-c2ncccn2)c2ccccc2c1=O. The molecule has 0 spiro atoms. The van der Waals surface area contributed by atoms with Crippen LogP contribution in [0.4, 0.5) is 5.82 Å². The maximum absolute atomic E-state index is 13.4.